The number of rotatable bonds is 5. The van der Waals surface area contributed by atoms with Crippen LogP contribution in [0, 0.1) is 0 Å². The standard InChI is InChI=1S/C18H30N2OS/c1-18(2)11-16(6-9-21-18)19(3)13-17-10-15(14-22-17)12-20-7-4-5-8-20/h10,14,16H,4-9,11-13H2,1-3H3/t16-/m0/s1. The Hall–Kier alpha value is -0.420. The second-order valence-electron chi connectivity index (χ2n) is 7.57. The Morgan fingerprint density at radius 3 is 2.86 bits per heavy atom. The molecular weight excluding hydrogens is 292 g/mol. The fourth-order valence-corrected chi connectivity index (χ4v) is 4.68. The third-order valence-corrected chi connectivity index (χ3v) is 5.98. The lowest BCUT2D eigenvalue weighted by Gasteiger charge is -2.39. The minimum absolute atomic E-state index is 0.0353. The van der Waals surface area contributed by atoms with Gasteiger partial charge in [0.1, 0.15) is 0 Å². The SMILES string of the molecule is CN(Cc1cc(CN2CCCC2)cs1)[C@H]1CCOC(C)(C)C1. The average molecular weight is 323 g/mol. The zero-order chi connectivity index (χ0) is 15.6. The predicted molar refractivity (Wildman–Crippen MR) is 93.4 cm³/mol. The lowest BCUT2D eigenvalue weighted by atomic mass is 9.93. The van der Waals surface area contributed by atoms with E-state index in [2.05, 4.69) is 42.1 Å². The van der Waals surface area contributed by atoms with E-state index < -0.39 is 0 Å². The quantitative estimate of drug-likeness (QED) is 0.821. The van der Waals surface area contributed by atoms with Crippen molar-refractivity contribution in [1.29, 1.82) is 0 Å². The maximum Gasteiger partial charge on any atom is 0.0641 e. The minimum Gasteiger partial charge on any atom is -0.375 e. The van der Waals surface area contributed by atoms with Crippen molar-refractivity contribution in [3.63, 3.8) is 0 Å². The van der Waals surface area contributed by atoms with E-state index in [1.54, 1.807) is 0 Å². The molecule has 0 spiro atoms. The van der Waals surface area contributed by atoms with Crippen LogP contribution < -0.4 is 0 Å². The number of nitrogens with zero attached hydrogens (tertiary/aromatic N) is 2. The molecule has 0 aromatic carbocycles. The van der Waals surface area contributed by atoms with Crippen LogP contribution in [0.5, 0.6) is 0 Å². The summed E-state index contributed by atoms with van der Waals surface area (Å²) >= 11 is 1.93. The fourth-order valence-electron chi connectivity index (χ4n) is 3.74. The van der Waals surface area contributed by atoms with E-state index in [1.165, 1.54) is 36.4 Å². The van der Waals surface area contributed by atoms with Gasteiger partial charge in [0, 0.05) is 30.6 Å². The molecule has 124 valence electrons. The lowest BCUT2D eigenvalue weighted by molar-refractivity contribution is -0.0808. The van der Waals surface area contributed by atoms with Crippen LogP contribution in [0.4, 0.5) is 0 Å². The Bertz CT molecular complexity index is 479. The third kappa shape index (κ3) is 4.31. The van der Waals surface area contributed by atoms with Gasteiger partial charge in [-0.25, -0.2) is 0 Å². The first kappa shape index (κ1) is 16.4. The van der Waals surface area contributed by atoms with Crippen molar-refractivity contribution in [2.24, 2.45) is 0 Å². The Kier molecular flexibility index (Phi) is 5.23. The summed E-state index contributed by atoms with van der Waals surface area (Å²) in [5.41, 5.74) is 1.54. The molecule has 0 bridgehead atoms. The van der Waals surface area contributed by atoms with E-state index in [0.29, 0.717) is 6.04 Å². The van der Waals surface area contributed by atoms with E-state index in [9.17, 15) is 0 Å². The monoisotopic (exact) mass is 322 g/mol. The van der Waals surface area contributed by atoms with Crippen LogP contribution in [0.3, 0.4) is 0 Å². The molecule has 0 unspecified atom stereocenters. The summed E-state index contributed by atoms with van der Waals surface area (Å²) in [5.74, 6) is 0. The molecule has 22 heavy (non-hydrogen) atoms. The molecular formula is C18H30N2OS. The van der Waals surface area contributed by atoms with E-state index in [0.717, 1.165) is 32.5 Å². The first-order chi connectivity index (χ1) is 10.5. The summed E-state index contributed by atoms with van der Waals surface area (Å²) in [6, 6.07) is 3.07. The molecule has 1 aromatic rings. The summed E-state index contributed by atoms with van der Waals surface area (Å²) < 4.78 is 5.84. The van der Waals surface area contributed by atoms with Gasteiger partial charge in [-0.1, -0.05) is 0 Å². The molecule has 0 N–H and O–H groups in total. The maximum absolute atomic E-state index is 5.84. The average Bonchev–Trinajstić information content (AvgIpc) is 3.10. The molecule has 2 aliphatic rings. The molecule has 1 aromatic heterocycles. The second kappa shape index (κ2) is 7.00. The van der Waals surface area contributed by atoms with Crippen molar-refractivity contribution in [3.8, 4) is 0 Å². The zero-order valence-corrected chi connectivity index (χ0v) is 15.1. The van der Waals surface area contributed by atoms with Crippen LogP contribution in [0.2, 0.25) is 0 Å². The minimum atomic E-state index is 0.0353. The summed E-state index contributed by atoms with van der Waals surface area (Å²) in [6.45, 7) is 10.1. The molecule has 4 heteroatoms. The van der Waals surface area contributed by atoms with Crippen molar-refractivity contribution < 1.29 is 4.74 Å². The molecule has 0 amide bonds. The van der Waals surface area contributed by atoms with Gasteiger partial charge in [0.05, 0.1) is 5.60 Å². The third-order valence-electron chi connectivity index (χ3n) is 5.01. The molecule has 2 fully saturated rings. The van der Waals surface area contributed by atoms with Crippen LogP contribution >= 0.6 is 11.3 Å². The Labute approximate surface area is 139 Å². The normalized spacial score (nSPS) is 25.9. The van der Waals surface area contributed by atoms with Gasteiger partial charge in [-0.15, -0.1) is 11.3 Å². The van der Waals surface area contributed by atoms with E-state index in [-0.39, 0.29) is 5.60 Å². The molecule has 2 saturated heterocycles. The van der Waals surface area contributed by atoms with Gasteiger partial charge >= 0.3 is 0 Å². The molecule has 0 radical (unpaired) electrons. The van der Waals surface area contributed by atoms with Gasteiger partial charge < -0.3 is 4.74 Å². The Balaban J connectivity index is 1.52. The van der Waals surface area contributed by atoms with E-state index in [1.807, 2.05) is 11.3 Å². The van der Waals surface area contributed by atoms with Gasteiger partial charge in [-0.05, 0) is 76.7 Å². The van der Waals surface area contributed by atoms with Crippen LogP contribution in [0.1, 0.15) is 50.0 Å². The Morgan fingerprint density at radius 1 is 1.36 bits per heavy atom. The van der Waals surface area contributed by atoms with Crippen LogP contribution in [-0.4, -0.2) is 48.2 Å². The Morgan fingerprint density at radius 2 is 2.14 bits per heavy atom. The van der Waals surface area contributed by atoms with Crippen molar-refractivity contribution in [2.75, 3.05) is 26.7 Å². The van der Waals surface area contributed by atoms with Gasteiger partial charge in [0.2, 0.25) is 0 Å². The largest absolute Gasteiger partial charge is 0.375 e. The van der Waals surface area contributed by atoms with Crippen molar-refractivity contribution in [2.45, 2.75) is 64.3 Å². The highest BCUT2D eigenvalue weighted by Gasteiger charge is 2.31. The summed E-state index contributed by atoms with van der Waals surface area (Å²) in [4.78, 5) is 6.60. The number of hydrogen-bond donors (Lipinski definition) is 0. The van der Waals surface area contributed by atoms with Gasteiger partial charge in [0.25, 0.3) is 0 Å². The number of likely N-dealkylation sites (tertiary alicyclic amines) is 1. The van der Waals surface area contributed by atoms with E-state index >= 15 is 0 Å². The zero-order valence-electron chi connectivity index (χ0n) is 14.3. The topological polar surface area (TPSA) is 15.7 Å². The highest BCUT2D eigenvalue weighted by molar-refractivity contribution is 7.10. The summed E-state index contributed by atoms with van der Waals surface area (Å²) in [5, 5.41) is 2.36. The molecule has 0 saturated carbocycles. The first-order valence-corrected chi connectivity index (χ1v) is 9.53. The summed E-state index contributed by atoms with van der Waals surface area (Å²) in [6.07, 6.45) is 5.04. The van der Waals surface area contributed by atoms with Crippen molar-refractivity contribution in [3.05, 3.63) is 21.9 Å². The lowest BCUT2D eigenvalue weighted by Crippen LogP contribution is -2.44. The maximum atomic E-state index is 5.84. The fraction of sp³-hybridized carbons (Fsp3) is 0.778. The van der Waals surface area contributed by atoms with E-state index in [4.69, 9.17) is 4.74 Å². The van der Waals surface area contributed by atoms with Crippen LogP contribution in [-0.2, 0) is 17.8 Å². The van der Waals surface area contributed by atoms with Crippen molar-refractivity contribution in [1.82, 2.24) is 9.80 Å². The van der Waals surface area contributed by atoms with Crippen LogP contribution in [0.25, 0.3) is 0 Å². The molecule has 3 rings (SSSR count). The highest BCUT2D eigenvalue weighted by Crippen LogP contribution is 2.28. The molecule has 0 aliphatic carbocycles. The molecule has 3 heterocycles. The molecule has 1 atom stereocenters. The predicted octanol–water partition coefficient (Wildman–Crippen LogP) is 3.73. The summed E-state index contributed by atoms with van der Waals surface area (Å²) in [7, 11) is 2.27. The van der Waals surface area contributed by atoms with Crippen LogP contribution in [0.15, 0.2) is 11.4 Å². The second-order valence-corrected chi connectivity index (χ2v) is 8.57. The van der Waals surface area contributed by atoms with Gasteiger partial charge in [-0.3, -0.25) is 9.80 Å². The van der Waals surface area contributed by atoms with Crippen molar-refractivity contribution >= 4 is 11.3 Å². The molecule has 2 aliphatic heterocycles. The first-order valence-electron chi connectivity index (χ1n) is 8.65. The number of ether oxygens (including phenoxy) is 1. The van der Waals surface area contributed by atoms with Gasteiger partial charge in [0.15, 0.2) is 0 Å². The number of thiophene rings is 1. The smallest absolute Gasteiger partial charge is 0.0641 e. The number of hydrogen-bond acceptors (Lipinski definition) is 4. The van der Waals surface area contributed by atoms with Gasteiger partial charge in [-0.2, -0.15) is 0 Å². The molecule has 3 nitrogen and oxygen atoms in total. The highest BCUT2D eigenvalue weighted by atomic mass is 32.1.